The van der Waals surface area contributed by atoms with Crippen molar-refractivity contribution in [1.29, 1.82) is 0 Å². The number of amides is 3. The zero-order chi connectivity index (χ0) is 24.3. The molecule has 3 rings (SSSR count). The highest BCUT2D eigenvalue weighted by Gasteiger charge is 2.41. The molecule has 0 saturated heterocycles. The van der Waals surface area contributed by atoms with Crippen LogP contribution in [0.4, 0.5) is 0 Å². The van der Waals surface area contributed by atoms with E-state index in [0.717, 1.165) is 15.4 Å². The normalized spacial score (nSPS) is 15.3. The fourth-order valence-corrected chi connectivity index (χ4v) is 5.32. The van der Waals surface area contributed by atoms with E-state index in [9.17, 15) is 22.8 Å². The summed E-state index contributed by atoms with van der Waals surface area (Å²) in [6.07, 6.45) is -0.232. The van der Waals surface area contributed by atoms with Gasteiger partial charge in [0.2, 0.25) is 11.8 Å². The predicted octanol–water partition coefficient (Wildman–Crippen LogP) is 2.47. The van der Waals surface area contributed by atoms with Crippen molar-refractivity contribution in [3.63, 3.8) is 0 Å². The number of rotatable bonds is 8. The molecule has 2 aromatic carbocycles. The summed E-state index contributed by atoms with van der Waals surface area (Å²) in [6.45, 7) is 7.13. The molecule has 2 aromatic rings. The van der Waals surface area contributed by atoms with Gasteiger partial charge in [-0.3, -0.25) is 14.4 Å². The summed E-state index contributed by atoms with van der Waals surface area (Å²) in [7, 11) is -4.00. The SMILES string of the molecule is Cc1ccccc1CN(C(=O)CCN1C(=O)c2ccccc2S1(=O)=O)C(C)C(=O)NC(C)C. The van der Waals surface area contributed by atoms with Crippen molar-refractivity contribution in [2.24, 2.45) is 0 Å². The number of nitrogens with one attached hydrogen (secondary N) is 1. The monoisotopic (exact) mass is 471 g/mol. The predicted molar refractivity (Wildman–Crippen MR) is 124 cm³/mol. The van der Waals surface area contributed by atoms with Crippen molar-refractivity contribution in [1.82, 2.24) is 14.5 Å². The lowest BCUT2D eigenvalue weighted by Crippen LogP contribution is -2.49. The summed E-state index contributed by atoms with van der Waals surface area (Å²) in [4.78, 5) is 40.0. The molecule has 1 aliphatic rings. The minimum atomic E-state index is -4.00. The van der Waals surface area contributed by atoms with Crippen molar-refractivity contribution >= 4 is 27.7 Å². The Morgan fingerprint density at radius 2 is 1.67 bits per heavy atom. The topological polar surface area (TPSA) is 104 Å². The minimum absolute atomic E-state index is 0.0519. The van der Waals surface area contributed by atoms with Crippen molar-refractivity contribution in [2.45, 2.75) is 57.6 Å². The lowest BCUT2D eigenvalue weighted by atomic mass is 10.1. The number of sulfonamides is 1. The number of carbonyl (C=O) groups excluding carboxylic acids is 3. The first-order chi connectivity index (χ1) is 15.5. The molecule has 1 aliphatic heterocycles. The van der Waals surface area contributed by atoms with E-state index in [0.29, 0.717) is 0 Å². The van der Waals surface area contributed by atoms with Gasteiger partial charge < -0.3 is 10.2 Å². The standard InChI is InChI=1S/C24H29N3O5S/c1-16(2)25-23(29)18(4)26(15-19-10-6-5-9-17(19)3)22(28)13-14-27-24(30)20-11-7-8-12-21(20)33(27,31)32/h5-12,16,18H,13-15H2,1-4H3,(H,25,29). The first kappa shape index (κ1) is 24.4. The highest BCUT2D eigenvalue weighted by molar-refractivity contribution is 7.90. The molecule has 1 unspecified atom stereocenters. The van der Waals surface area contributed by atoms with Crippen LogP contribution in [0.1, 0.15) is 48.7 Å². The van der Waals surface area contributed by atoms with E-state index in [1.54, 1.807) is 19.1 Å². The Morgan fingerprint density at radius 3 is 2.30 bits per heavy atom. The highest BCUT2D eigenvalue weighted by atomic mass is 32.2. The van der Waals surface area contributed by atoms with Crippen LogP contribution in [0, 0.1) is 6.92 Å². The molecule has 1 N–H and O–H groups in total. The van der Waals surface area contributed by atoms with E-state index in [-0.39, 0.29) is 41.9 Å². The van der Waals surface area contributed by atoms with E-state index in [4.69, 9.17) is 0 Å². The van der Waals surface area contributed by atoms with Crippen molar-refractivity contribution in [3.05, 3.63) is 65.2 Å². The number of carbonyl (C=O) groups is 3. The molecule has 9 heteroatoms. The summed E-state index contributed by atoms with van der Waals surface area (Å²) in [6, 6.07) is 12.7. The summed E-state index contributed by atoms with van der Waals surface area (Å²) in [5.41, 5.74) is 1.96. The summed E-state index contributed by atoms with van der Waals surface area (Å²) in [5, 5.41) is 2.81. The molecule has 1 heterocycles. The van der Waals surface area contributed by atoms with Crippen molar-refractivity contribution < 1.29 is 22.8 Å². The van der Waals surface area contributed by atoms with Crippen LogP contribution in [-0.4, -0.2) is 54.0 Å². The maximum absolute atomic E-state index is 13.3. The van der Waals surface area contributed by atoms with E-state index >= 15 is 0 Å². The second kappa shape index (κ2) is 9.74. The van der Waals surface area contributed by atoms with E-state index in [2.05, 4.69) is 5.32 Å². The second-order valence-electron chi connectivity index (χ2n) is 8.42. The minimum Gasteiger partial charge on any atom is -0.352 e. The molecule has 3 amide bonds. The van der Waals surface area contributed by atoms with Crippen LogP contribution >= 0.6 is 0 Å². The molecule has 176 valence electrons. The van der Waals surface area contributed by atoms with Gasteiger partial charge in [-0.1, -0.05) is 36.4 Å². The lowest BCUT2D eigenvalue weighted by Gasteiger charge is -2.30. The molecule has 33 heavy (non-hydrogen) atoms. The molecule has 0 spiro atoms. The van der Waals surface area contributed by atoms with Gasteiger partial charge in [0, 0.05) is 25.6 Å². The average molecular weight is 472 g/mol. The van der Waals surface area contributed by atoms with Gasteiger partial charge in [-0.25, -0.2) is 12.7 Å². The maximum atomic E-state index is 13.3. The fourth-order valence-electron chi connectivity index (χ4n) is 3.75. The molecule has 0 aliphatic carbocycles. The summed E-state index contributed by atoms with van der Waals surface area (Å²) in [5.74, 6) is -1.36. The van der Waals surface area contributed by atoms with Crippen molar-refractivity contribution in [3.8, 4) is 0 Å². The molecule has 0 bridgehead atoms. The Bertz CT molecular complexity index is 1180. The van der Waals surface area contributed by atoms with Gasteiger partial charge in [0.15, 0.2) is 0 Å². The quantitative estimate of drug-likeness (QED) is 0.637. The largest absolute Gasteiger partial charge is 0.352 e. The molecule has 8 nitrogen and oxygen atoms in total. The Morgan fingerprint density at radius 1 is 1.03 bits per heavy atom. The first-order valence-corrected chi connectivity index (χ1v) is 12.3. The van der Waals surface area contributed by atoms with Crippen molar-refractivity contribution in [2.75, 3.05) is 6.54 Å². The van der Waals surface area contributed by atoms with Gasteiger partial charge in [-0.05, 0) is 51.0 Å². The van der Waals surface area contributed by atoms with Gasteiger partial charge in [0.25, 0.3) is 15.9 Å². The molecule has 0 aromatic heterocycles. The molecular weight excluding hydrogens is 442 g/mol. The highest BCUT2D eigenvalue weighted by Crippen LogP contribution is 2.30. The zero-order valence-electron chi connectivity index (χ0n) is 19.2. The molecule has 0 fully saturated rings. The van der Waals surface area contributed by atoms with Gasteiger partial charge in [-0.2, -0.15) is 0 Å². The summed E-state index contributed by atoms with van der Waals surface area (Å²) < 4.78 is 26.3. The van der Waals surface area contributed by atoms with Crippen LogP contribution in [-0.2, 0) is 26.2 Å². The second-order valence-corrected chi connectivity index (χ2v) is 10.2. The molecule has 1 atom stereocenters. The number of nitrogens with zero attached hydrogens (tertiary/aromatic N) is 2. The number of hydrogen-bond acceptors (Lipinski definition) is 5. The maximum Gasteiger partial charge on any atom is 0.269 e. The van der Waals surface area contributed by atoms with Gasteiger partial charge in [0.05, 0.1) is 5.56 Å². The van der Waals surface area contributed by atoms with E-state index in [1.807, 2.05) is 45.0 Å². The van der Waals surface area contributed by atoms with Crippen LogP contribution in [0.15, 0.2) is 53.4 Å². The zero-order valence-corrected chi connectivity index (χ0v) is 20.1. The Balaban J connectivity index is 1.81. The smallest absolute Gasteiger partial charge is 0.269 e. The molecular formula is C24H29N3O5S. The lowest BCUT2D eigenvalue weighted by molar-refractivity contribution is -0.140. The summed E-state index contributed by atoms with van der Waals surface area (Å²) >= 11 is 0. The van der Waals surface area contributed by atoms with Crippen LogP contribution < -0.4 is 5.32 Å². The Hall–Kier alpha value is -3.20. The number of benzene rings is 2. The number of aryl methyl sites for hydroxylation is 1. The third-order valence-corrected chi connectivity index (χ3v) is 7.48. The average Bonchev–Trinajstić information content (AvgIpc) is 2.96. The van der Waals surface area contributed by atoms with Crippen LogP contribution in [0.2, 0.25) is 0 Å². The number of fused-ring (bicyclic) bond motifs is 1. The van der Waals surface area contributed by atoms with E-state index < -0.39 is 27.9 Å². The Kier molecular flexibility index (Phi) is 7.22. The van der Waals surface area contributed by atoms with Crippen LogP contribution in [0.3, 0.4) is 0 Å². The van der Waals surface area contributed by atoms with Crippen LogP contribution in [0.25, 0.3) is 0 Å². The fraction of sp³-hybridized carbons (Fsp3) is 0.375. The number of hydrogen-bond donors (Lipinski definition) is 1. The van der Waals surface area contributed by atoms with Gasteiger partial charge >= 0.3 is 0 Å². The van der Waals surface area contributed by atoms with Gasteiger partial charge in [0.1, 0.15) is 10.9 Å². The van der Waals surface area contributed by atoms with Gasteiger partial charge in [-0.15, -0.1) is 0 Å². The molecule has 0 saturated carbocycles. The third kappa shape index (κ3) is 5.08. The van der Waals surface area contributed by atoms with E-state index in [1.165, 1.54) is 17.0 Å². The third-order valence-electron chi connectivity index (χ3n) is 5.64. The van der Waals surface area contributed by atoms with Crippen LogP contribution in [0.5, 0.6) is 0 Å². The molecule has 0 radical (unpaired) electrons. The first-order valence-electron chi connectivity index (χ1n) is 10.8. The Labute approximate surface area is 194 Å².